The molecule has 1 saturated heterocycles. The minimum absolute atomic E-state index is 0.637. The molecule has 2 aliphatic rings. The number of hydrogen-bond acceptors (Lipinski definition) is 3. The van der Waals surface area contributed by atoms with Gasteiger partial charge in [-0.3, -0.25) is 0 Å². The highest BCUT2D eigenvalue weighted by Gasteiger charge is 2.43. The summed E-state index contributed by atoms with van der Waals surface area (Å²) in [5, 5.41) is 0.934. The Hall–Kier alpha value is 1.05. The summed E-state index contributed by atoms with van der Waals surface area (Å²) in [5.74, 6) is 2.78. The Kier molecular flexibility index (Phi) is 3.24. The molecule has 0 radical (unpaired) electrons. The molecule has 2 fully saturated rings. The monoisotopic (exact) mass is 220 g/mol. The Balaban J connectivity index is 2.07. The third kappa shape index (κ3) is 1.64. The van der Waals surface area contributed by atoms with E-state index in [-0.39, 0.29) is 0 Å². The van der Waals surface area contributed by atoms with Gasteiger partial charge >= 0.3 is 0 Å². The van der Waals surface area contributed by atoms with E-state index in [1.807, 2.05) is 0 Å². The van der Waals surface area contributed by atoms with Crippen molar-refractivity contribution in [2.24, 2.45) is 0 Å². The van der Waals surface area contributed by atoms with Gasteiger partial charge in [-0.15, -0.1) is 23.5 Å². The van der Waals surface area contributed by atoms with Crippen molar-refractivity contribution in [3.05, 3.63) is 0 Å². The molecule has 3 heteroatoms. The Labute approximate surface area is 88.0 Å². The Morgan fingerprint density at radius 3 is 2.67 bits per heavy atom. The predicted octanol–water partition coefficient (Wildman–Crippen LogP) is 3.47. The van der Waals surface area contributed by atoms with Crippen molar-refractivity contribution in [2.75, 3.05) is 17.8 Å². The summed E-state index contributed by atoms with van der Waals surface area (Å²) in [6.45, 7) is 0. The lowest BCUT2D eigenvalue weighted by molar-refractivity contribution is 0.505. The summed E-state index contributed by atoms with van der Waals surface area (Å²) in [5.41, 5.74) is 0. The highest BCUT2D eigenvalue weighted by Crippen LogP contribution is 2.55. The van der Waals surface area contributed by atoms with Gasteiger partial charge in [0.1, 0.15) is 0 Å². The van der Waals surface area contributed by atoms with Crippen LogP contribution in [0.3, 0.4) is 0 Å². The van der Waals surface area contributed by atoms with Crippen LogP contribution in [0, 0.1) is 0 Å². The smallest absolute Gasteiger partial charge is 0.0729 e. The van der Waals surface area contributed by atoms with Crippen LogP contribution in [0.1, 0.15) is 25.7 Å². The van der Waals surface area contributed by atoms with E-state index in [1.165, 1.54) is 37.2 Å². The van der Waals surface area contributed by atoms with Crippen LogP contribution in [0.5, 0.6) is 0 Å². The van der Waals surface area contributed by atoms with E-state index >= 15 is 0 Å². The molecule has 12 heavy (non-hydrogen) atoms. The van der Waals surface area contributed by atoms with E-state index in [0.717, 1.165) is 5.25 Å². The summed E-state index contributed by atoms with van der Waals surface area (Å²) in [4.78, 5) is 0. The molecule has 1 atom stereocenters. The van der Waals surface area contributed by atoms with Crippen molar-refractivity contribution in [3.63, 3.8) is 0 Å². The van der Waals surface area contributed by atoms with Crippen LogP contribution in [0.15, 0.2) is 0 Å². The predicted molar refractivity (Wildman–Crippen MR) is 63.4 cm³/mol. The second kappa shape index (κ2) is 4.05. The lowest BCUT2D eigenvalue weighted by atomic mass is 9.99. The van der Waals surface area contributed by atoms with Crippen molar-refractivity contribution < 1.29 is 0 Å². The van der Waals surface area contributed by atoms with Crippen LogP contribution in [-0.4, -0.2) is 27.1 Å². The molecule has 1 aliphatic carbocycles. The van der Waals surface area contributed by atoms with Gasteiger partial charge in [0.05, 0.1) is 4.08 Å². The Bertz CT molecular complexity index is 152. The van der Waals surface area contributed by atoms with Crippen LogP contribution in [0.4, 0.5) is 0 Å². The molecule has 1 aliphatic heterocycles. The Morgan fingerprint density at radius 1 is 1.25 bits per heavy atom. The number of hydrogen-bond donors (Lipinski definition) is 0. The van der Waals surface area contributed by atoms with Gasteiger partial charge in [0.2, 0.25) is 0 Å². The molecule has 0 aromatic rings. The van der Waals surface area contributed by atoms with Gasteiger partial charge in [0.25, 0.3) is 0 Å². The average molecular weight is 220 g/mol. The van der Waals surface area contributed by atoms with Gasteiger partial charge in [-0.25, -0.2) is 0 Å². The van der Waals surface area contributed by atoms with Crippen LogP contribution >= 0.6 is 35.3 Å². The molecule has 2 rings (SSSR count). The SMILES string of the molecule is CSC1CCCCC12SCCS2. The fraction of sp³-hybridized carbons (Fsp3) is 1.00. The topological polar surface area (TPSA) is 0 Å². The van der Waals surface area contributed by atoms with E-state index in [2.05, 4.69) is 41.5 Å². The summed E-state index contributed by atoms with van der Waals surface area (Å²) in [6.07, 6.45) is 8.15. The van der Waals surface area contributed by atoms with Crippen molar-refractivity contribution in [1.29, 1.82) is 0 Å². The Morgan fingerprint density at radius 2 is 2.00 bits per heavy atom. The molecule has 1 heterocycles. The fourth-order valence-electron chi connectivity index (χ4n) is 2.18. The lowest BCUT2D eigenvalue weighted by Crippen LogP contribution is -2.34. The van der Waals surface area contributed by atoms with Gasteiger partial charge in [-0.1, -0.05) is 12.8 Å². The van der Waals surface area contributed by atoms with Crippen LogP contribution in [0.25, 0.3) is 0 Å². The summed E-state index contributed by atoms with van der Waals surface area (Å²) in [7, 11) is 0. The minimum atomic E-state index is 0.637. The molecule has 1 spiro atoms. The zero-order valence-corrected chi connectivity index (χ0v) is 9.99. The van der Waals surface area contributed by atoms with Crippen molar-refractivity contribution in [3.8, 4) is 0 Å². The molecule has 1 unspecified atom stereocenters. The zero-order valence-electron chi connectivity index (χ0n) is 7.54. The third-order valence-corrected chi connectivity index (χ3v) is 8.03. The van der Waals surface area contributed by atoms with Gasteiger partial charge < -0.3 is 0 Å². The van der Waals surface area contributed by atoms with Crippen LogP contribution < -0.4 is 0 Å². The highest BCUT2D eigenvalue weighted by molar-refractivity contribution is 8.22. The second-order valence-corrected chi connectivity index (χ2v) is 7.63. The average Bonchev–Trinajstić information content (AvgIpc) is 2.55. The van der Waals surface area contributed by atoms with Crippen molar-refractivity contribution in [2.45, 2.75) is 35.0 Å². The molecule has 0 aromatic carbocycles. The largest absolute Gasteiger partial charge is 0.160 e. The molecule has 1 saturated carbocycles. The minimum Gasteiger partial charge on any atom is -0.160 e. The number of rotatable bonds is 1. The van der Waals surface area contributed by atoms with E-state index < -0.39 is 0 Å². The lowest BCUT2D eigenvalue weighted by Gasteiger charge is -2.38. The maximum absolute atomic E-state index is 2.29. The first-order chi connectivity index (χ1) is 5.87. The van der Waals surface area contributed by atoms with Crippen molar-refractivity contribution in [1.82, 2.24) is 0 Å². The summed E-state index contributed by atoms with van der Waals surface area (Å²) >= 11 is 6.58. The number of thioether (sulfide) groups is 3. The first-order valence-electron chi connectivity index (χ1n) is 4.68. The van der Waals surface area contributed by atoms with Gasteiger partial charge in [-0.2, -0.15) is 11.8 Å². The van der Waals surface area contributed by atoms with Gasteiger partial charge in [-0.05, 0) is 19.1 Å². The third-order valence-electron chi connectivity index (χ3n) is 2.79. The molecule has 70 valence electrons. The molecule has 0 amide bonds. The quantitative estimate of drug-likeness (QED) is 0.664. The van der Waals surface area contributed by atoms with E-state index in [1.54, 1.807) is 0 Å². The maximum atomic E-state index is 2.29. The molecule has 0 nitrogen and oxygen atoms in total. The molecular formula is C9H16S3. The molecule has 0 N–H and O–H groups in total. The van der Waals surface area contributed by atoms with Crippen LogP contribution in [-0.2, 0) is 0 Å². The highest BCUT2D eigenvalue weighted by atomic mass is 32.2. The molecular weight excluding hydrogens is 204 g/mol. The van der Waals surface area contributed by atoms with Crippen molar-refractivity contribution >= 4 is 35.3 Å². The van der Waals surface area contributed by atoms with Crippen LogP contribution in [0.2, 0.25) is 0 Å². The molecule has 0 aromatic heterocycles. The first kappa shape index (κ1) is 9.60. The first-order valence-corrected chi connectivity index (χ1v) is 7.94. The van der Waals surface area contributed by atoms with Gasteiger partial charge in [0, 0.05) is 16.8 Å². The standard InChI is InChI=1S/C9H16S3/c1-10-8-4-2-3-5-9(8)11-6-7-12-9/h8H,2-7H2,1H3. The summed E-state index contributed by atoms with van der Waals surface area (Å²) < 4.78 is 0.637. The molecule has 0 bridgehead atoms. The fourth-order valence-corrected chi connectivity index (χ4v) is 7.42. The van der Waals surface area contributed by atoms with E-state index in [4.69, 9.17) is 0 Å². The maximum Gasteiger partial charge on any atom is 0.0729 e. The second-order valence-electron chi connectivity index (χ2n) is 3.48. The van der Waals surface area contributed by atoms with E-state index in [0.29, 0.717) is 4.08 Å². The van der Waals surface area contributed by atoms with Gasteiger partial charge in [0.15, 0.2) is 0 Å². The normalized spacial score (nSPS) is 34.2. The van der Waals surface area contributed by atoms with E-state index in [9.17, 15) is 0 Å². The zero-order chi connectivity index (χ0) is 8.44. The summed E-state index contributed by atoms with van der Waals surface area (Å²) in [6, 6.07) is 0.